The normalized spacial score (nSPS) is 22.8. The molecule has 0 amide bonds. The highest BCUT2D eigenvalue weighted by molar-refractivity contribution is 4.97. The molecule has 144 valence electrons. The van der Waals surface area contributed by atoms with Crippen LogP contribution in [0.3, 0.4) is 0 Å². The fraction of sp³-hybridized carbons (Fsp3) is 1.00. The smallest absolute Gasteiger partial charge is 0.0989 e. The molecule has 0 N–H and O–H groups in total. The van der Waals surface area contributed by atoms with Crippen LogP contribution >= 0.6 is 0 Å². The first-order chi connectivity index (χ1) is 11.6. The maximum atomic E-state index is 6.23. The summed E-state index contributed by atoms with van der Waals surface area (Å²) in [7, 11) is 7.24. The maximum Gasteiger partial charge on any atom is 0.0989 e. The van der Waals surface area contributed by atoms with Crippen LogP contribution in [0.5, 0.6) is 0 Å². The van der Waals surface area contributed by atoms with Crippen molar-refractivity contribution < 1.29 is 18.9 Å². The Morgan fingerprint density at radius 1 is 1.00 bits per heavy atom. The molecule has 1 fully saturated rings. The van der Waals surface area contributed by atoms with Crippen LogP contribution in [0.15, 0.2) is 0 Å². The second-order valence-corrected chi connectivity index (χ2v) is 7.36. The van der Waals surface area contributed by atoms with Gasteiger partial charge >= 0.3 is 0 Å². The highest BCUT2D eigenvalue weighted by Crippen LogP contribution is 2.42. The molecule has 0 aromatic rings. The summed E-state index contributed by atoms with van der Waals surface area (Å²) in [6, 6.07) is 0. The third kappa shape index (κ3) is 5.42. The molecular weight excluding hydrogens is 304 g/mol. The van der Waals surface area contributed by atoms with Gasteiger partial charge in [-0.3, -0.25) is 0 Å². The van der Waals surface area contributed by atoms with E-state index in [2.05, 4.69) is 13.8 Å². The lowest BCUT2D eigenvalue weighted by Gasteiger charge is -2.47. The minimum absolute atomic E-state index is 0.0275. The molecule has 0 aliphatic heterocycles. The van der Waals surface area contributed by atoms with Crippen LogP contribution in [-0.2, 0) is 18.9 Å². The minimum Gasteiger partial charge on any atom is -0.385 e. The zero-order chi connectivity index (χ0) is 18.0. The summed E-state index contributed by atoms with van der Waals surface area (Å²) in [5, 5.41) is 0. The third-order valence-corrected chi connectivity index (χ3v) is 6.23. The monoisotopic (exact) mass is 344 g/mol. The van der Waals surface area contributed by atoms with Crippen LogP contribution in [-0.4, -0.2) is 52.9 Å². The number of hydrogen-bond donors (Lipinski definition) is 0. The van der Waals surface area contributed by atoms with Crippen molar-refractivity contribution in [3.63, 3.8) is 0 Å². The number of hydrogen-bond acceptors (Lipinski definition) is 4. The van der Waals surface area contributed by atoms with E-state index in [-0.39, 0.29) is 17.8 Å². The Bertz CT molecular complexity index is 317. The Morgan fingerprint density at radius 3 is 2.12 bits per heavy atom. The highest BCUT2D eigenvalue weighted by atomic mass is 16.5. The van der Waals surface area contributed by atoms with Crippen molar-refractivity contribution >= 4 is 0 Å². The first-order valence-corrected chi connectivity index (χ1v) is 9.69. The van der Waals surface area contributed by atoms with Crippen LogP contribution in [0.1, 0.15) is 65.2 Å². The van der Waals surface area contributed by atoms with Crippen molar-refractivity contribution in [1.29, 1.82) is 0 Å². The van der Waals surface area contributed by atoms with Gasteiger partial charge in [-0.25, -0.2) is 0 Å². The fourth-order valence-electron chi connectivity index (χ4n) is 4.41. The third-order valence-electron chi connectivity index (χ3n) is 6.23. The van der Waals surface area contributed by atoms with Crippen LogP contribution in [0, 0.1) is 11.8 Å². The second kappa shape index (κ2) is 11.5. The summed E-state index contributed by atoms with van der Waals surface area (Å²) in [5.74, 6) is 1.04. The molecule has 0 spiro atoms. The average molecular weight is 345 g/mol. The predicted molar refractivity (Wildman–Crippen MR) is 98.5 cm³/mol. The van der Waals surface area contributed by atoms with E-state index in [9.17, 15) is 0 Å². The van der Waals surface area contributed by atoms with E-state index in [0.717, 1.165) is 19.3 Å². The Hall–Kier alpha value is -0.160. The molecule has 1 rings (SSSR count). The molecule has 0 heterocycles. The van der Waals surface area contributed by atoms with Crippen LogP contribution in [0.25, 0.3) is 0 Å². The molecule has 4 unspecified atom stereocenters. The number of rotatable bonds is 12. The van der Waals surface area contributed by atoms with Gasteiger partial charge in [0, 0.05) is 47.9 Å². The van der Waals surface area contributed by atoms with E-state index < -0.39 is 0 Å². The summed E-state index contributed by atoms with van der Waals surface area (Å²) < 4.78 is 23.5. The first-order valence-electron chi connectivity index (χ1n) is 9.69. The predicted octanol–water partition coefficient (Wildman–Crippen LogP) is 4.45. The summed E-state index contributed by atoms with van der Waals surface area (Å²) in [5.41, 5.74) is -0.282. The molecule has 24 heavy (non-hydrogen) atoms. The van der Waals surface area contributed by atoms with E-state index >= 15 is 0 Å². The van der Waals surface area contributed by atoms with Crippen LogP contribution < -0.4 is 0 Å². The fourth-order valence-corrected chi connectivity index (χ4v) is 4.41. The lowest BCUT2D eigenvalue weighted by molar-refractivity contribution is -0.178. The first kappa shape index (κ1) is 21.9. The van der Waals surface area contributed by atoms with E-state index in [1.807, 2.05) is 21.3 Å². The van der Waals surface area contributed by atoms with Crippen molar-refractivity contribution in [3.05, 3.63) is 0 Å². The van der Waals surface area contributed by atoms with Crippen molar-refractivity contribution in [2.75, 3.05) is 35.0 Å². The summed E-state index contributed by atoms with van der Waals surface area (Å²) in [4.78, 5) is 0. The molecule has 0 radical (unpaired) electrons. The molecule has 4 nitrogen and oxygen atoms in total. The molecule has 4 heteroatoms. The molecule has 1 aliphatic carbocycles. The van der Waals surface area contributed by atoms with Crippen molar-refractivity contribution in [2.45, 2.75) is 83.0 Å². The molecule has 0 aromatic heterocycles. The Morgan fingerprint density at radius 2 is 1.67 bits per heavy atom. The number of methoxy groups -OCH3 is 4. The Balaban J connectivity index is 3.02. The van der Waals surface area contributed by atoms with Gasteiger partial charge in [-0.15, -0.1) is 0 Å². The zero-order valence-electron chi connectivity index (χ0n) is 16.8. The number of ether oxygens (including phenoxy) is 4. The Kier molecular flexibility index (Phi) is 10.4. The van der Waals surface area contributed by atoms with E-state index in [4.69, 9.17) is 18.9 Å². The van der Waals surface area contributed by atoms with Crippen molar-refractivity contribution in [1.82, 2.24) is 0 Å². The molecule has 0 aromatic carbocycles. The van der Waals surface area contributed by atoms with E-state index in [1.54, 1.807) is 7.11 Å². The van der Waals surface area contributed by atoms with Crippen LogP contribution in [0.4, 0.5) is 0 Å². The van der Waals surface area contributed by atoms with Gasteiger partial charge in [0.15, 0.2) is 0 Å². The summed E-state index contributed by atoms with van der Waals surface area (Å²) >= 11 is 0. The van der Waals surface area contributed by atoms with E-state index in [0.29, 0.717) is 18.4 Å². The van der Waals surface area contributed by atoms with Gasteiger partial charge in [0.05, 0.1) is 17.8 Å². The molecule has 1 saturated carbocycles. The van der Waals surface area contributed by atoms with Crippen molar-refractivity contribution in [2.24, 2.45) is 11.8 Å². The second-order valence-electron chi connectivity index (χ2n) is 7.36. The lowest BCUT2D eigenvalue weighted by atomic mass is 9.70. The van der Waals surface area contributed by atoms with Gasteiger partial charge in [-0.05, 0) is 24.7 Å². The van der Waals surface area contributed by atoms with Gasteiger partial charge in [-0.2, -0.15) is 0 Å². The topological polar surface area (TPSA) is 36.9 Å². The molecule has 0 saturated heterocycles. The van der Waals surface area contributed by atoms with Crippen LogP contribution in [0.2, 0.25) is 0 Å². The van der Waals surface area contributed by atoms with Gasteiger partial charge in [-0.1, -0.05) is 39.5 Å². The van der Waals surface area contributed by atoms with Gasteiger partial charge in [0.1, 0.15) is 0 Å². The quantitative estimate of drug-likeness (QED) is 0.524. The molecular formula is C20H40O4. The van der Waals surface area contributed by atoms with Gasteiger partial charge < -0.3 is 18.9 Å². The maximum absolute atomic E-state index is 6.23. The summed E-state index contributed by atoms with van der Waals surface area (Å²) in [6.45, 7) is 5.17. The largest absolute Gasteiger partial charge is 0.385 e. The molecule has 4 atom stereocenters. The van der Waals surface area contributed by atoms with Gasteiger partial charge in [0.25, 0.3) is 0 Å². The van der Waals surface area contributed by atoms with Crippen molar-refractivity contribution in [3.8, 4) is 0 Å². The SMILES string of the molecule is CCC(C)C(CC(OC)C(CCOC)(OC)C1CCCCC1)OC. The Labute approximate surface area is 149 Å². The van der Waals surface area contributed by atoms with E-state index in [1.165, 1.54) is 32.1 Å². The molecule has 1 aliphatic rings. The zero-order valence-corrected chi connectivity index (χ0v) is 16.8. The summed E-state index contributed by atoms with van der Waals surface area (Å²) in [6.07, 6.45) is 9.44. The minimum atomic E-state index is -0.282. The molecule has 0 bridgehead atoms. The standard InChI is InChI=1S/C20H40O4/c1-7-16(2)18(22-4)15-19(23-5)20(24-6,13-14-21-3)17-11-9-8-10-12-17/h16-19H,7-15H2,1-6H3. The van der Waals surface area contributed by atoms with Gasteiger partial charge in [0.2, 0.25) is 0 Å². The lowest BCUT2D eigenvalue weighted by Crippen LogP contribution is -2.54. The average Bonchev–Trinajstić information content (AvgIpc) is 2.65. The highest BCUT2D eigenvalue weighted by Gasteiger charge is 2.47.